The molecule has 0 fully saturated rings. The zero-order valence-electron chi connectivity index (χ0n) is 16.1. The summed E-state index contributed by atoms with van der Waals surface area (Å²) in [5, 5.41) is 13.8. The van der Waals surface area contributed by atoms with Gasteiger partial charge in [-0.1, -0.05) is 19.4 Å². The number of carbonyl (C=O) groups is 2. The molecule has 1 aliphatic heterocycles. The summed E-state index contributed by atoms with van der Waals surface area (Å²) in [7, 11) is 1.53. The molecule has 0 saturated carbocycles. The summed E-state index contributed by atoms with van der Waals surface area (Å²) in [6, 6.07) is 5.37. The molecule has 0 aromatic heterocycles. The third-order valence-electron chi connectivity index (χ3n) is 4.55. The minimum atomic E-state index is -0.688. The number of ether oxygens (including phenoxy) is 1. The van der Waals surface area contributed by atoms with E-state index in [2.05, 4.69) is 10.6 Å². The number of halogens is 1. The van der Waals surface area contributed by atoms with E-state index in [0.717, 1.165) is 5.57 Å². The van der Waals surface area contributed by atoms with Crippen molar-refractivity contribution >= 4 is 17.5 Å². The van der Waals surface area contributed by atoms with E-state index in [1.807, 2.05) is 19.1 Å². The molecule has 1 aromatic rings. The maximum absolute atomic E-state index is 14.1. The molecule has 3 amide bonds. The van der Waals surface area contributed by atoms with Crippen LogP contribution in [-0.2, 0) is 4.79 Å². The van der Waals surface area contributed by atoms with Gasteiger partial charge in [-0.15, -0.1) is 0 Å². The number of nitrogens with zero attached hydrogens (tertiary/aromatic N) is 2. The molecule has 2 rings (SSSR count). The van der Waals surface area contributed by atoms with E-state index >= 15 is 0 Å². The summed E-state index contributed by atoms with van der Waals surface area (Å²) in [4.78, 5) is 26.2. The Morgan fingerprint density at radius 1 is 1.43 bits per heavy atom. The number of nitrogens with one attached hydrogen (secondary N) is 2. The Kier molecular flexibility index (Phi) is 7.81. The first kappa shape index (κ1) is 21.2. The molecule has 8 heteroatoms. The molecule has 0 spiro atoms. The minimum Gasteiger partial charge on any atom is -0.497 e. The second kappa shape index (κ2) is 10.3. The molecule has 1 atom stereocenters. The van der Waals surface area contributed by atoms with Gasteiger partial charge >= 0.3 is 6.03 Å². The summed E-state index contributed by atoms with van der Waals surface area (Å²) < 4.78 is 19.3. The largest absolute Gasteiger partial charge is 0.497 e. The molecule has 0 bridgehead atoms. The summed E-state index contributed by atoms with van der Waals surface area (Å²) in [6.07, 6.45) is 3.50. The first-order valence-electron chi connectivity index (χ1n) is 9.23. The van der Waals surface area contributed by atoms with E-state index in [-0.39, 0.29) is 24.3 Å². The Bertz CT molecular complexity index is 788. The molecule has 2 N–H and O–H groups in total. The number of urea groups is 1. The predicted molar refractivity (Wildman–Crippen MR) is 103 cm³/mol. The Labute approximate surface area is 164 Å². The van der Waals surface area contributed by atoms with Gasteiger partial charge in [0.1, 0.15) is 24.2 Å². The predicted octanol–water partition coefficient (Wildman–Crippen LogP) is 2.44. The van der Waals surface area contributed by atoms with Crippen molar-refractivity contribution in [2.24, 2.45) is 0 Å². The van der Waals surface area contributed by atoms with Gasteiger partial charge in [-0.05, 0) is 36.6 Å². The van der Waals surface area contributed by atoms with E-state index < -0.39 is 6.04 Å². The van der Waals surface area contributed by atoms with Crippen molar-refractivity contribution in [2.45, 2.75) is 32.2 Å². The van der Waals surface area contributed by atoms with Crippen molar-refractivity contribution in [1.82, 2.24) is 15.5 Å². The topological polar surface area (TPSA) is 94.5 Å². The smallest absolute Gasteiger partial charge is 0.318 e. The van der Waals surface area contributed by atoms with E-state index in [4.69, 9.17) is 10.00 Å². The Morgan fingerprint density at radius 2 is 2.21 bits per heavy atom. The first-order chi connectivity index (χ1) is 13.5. The van der Waals surface area contributed by atoms with Crippen molar-refractivity contribution in [3.05, 3.63) is 35.7 Å². The molecular formula is C20H25FN4O3. The average Bonchev–Trinajstić information content (AvgIpc) is 2.72. The third-order valence-corrected chi connectivity index (χ3v) is 4.55. The van der Waals surface area contributed by atoms with Crippen molar-refractivity contribution in [2.75, 3.05) is 26.7 Å². The van der Waals surface area contributed by atoms with E-state index in [1.54, 1.807) is 17.0 Å². The first-order valence-corrected chi connectivity index (χ1v) is 9.23. The van der Waals surface area contributed by atoms with Gasteiger partial charge in [-0.3, -0.25) is 4.79 Å². The maximum atomic E-state index is 14.1. The monoisotopic (exact) mass is 388 g/mol. The average molecular weight is 388 g/mol. The summed E-state index contributed by atoms with van der Waals surface area (Å²) in [5.41, 5.74) is 1.29. The second-order valence-corrected chi connectivity index (χ2v) is 6.44. The number of carbonyl (C=O) groups excluding carboxylic acids is 2. The zero-order chi connectivity index (χ0) is 20.5. The highest BCUT2D eigenvalue weighted by atomic mass is 19.1. The van der Waals surface area contributed by atoms with Crippen LogP contribution in [0.15, 0.2) is 24.3 Å². The van der Waals surface area contributed by atoms with Crippen molar-refractivity contribution in [3.8, 4) is 11.8 Å². The fourth-order valence-electron chi connectivity index (χ4n) is 3.02. The van der Waals surface area contributed by atoms with Crippen molar-refractivity contribution in [3.63, 3.8) is 0 Å². The molecule has 7 nitrogen and oxygen atoms in total. The number of benzene rings is 1. The molecule has 1 heterocycles. The van der Waals surface area contributed by atoms with Gasteiger partial charge in [0.25, 0.3) is 0 Å². The third kappa shape index (κ3) is 5.46. The summed E-state index contributed by atoms with van der Waals surface area (Å²) in [6.45, 7) is 2.54. The standard InChI is InChI=1S/C20H25FN4O3/c1-3-4-18(19(26)23-10-9-22)24-20(27)25-11-7-14(8-12-25)16-13-15(28-2)5-6-17(16)21/h5-7,13,18H,3-4,8,10-12H2,1-2H3,(H,23,26)(H,24,27). The number of hydrogen-bond donors (Lipinski definition) is 2. The molecule has 0 aliphatic carbocycles. The molecule has 0 radical (unpaired) electrons. The quantitative estimate of drug-likeness (QED) is 0.702. The molecular weight excluding hydrogens is 363 g/mol. The van der Waals surface area contributed by atoms with Crippen LogP contribution in [0, 0.1) is 17.1 Å². The van der Waals surface area contributed by atoms with E-state index in [0.29, 0.717) is 43.7 Å². The lowest BCUT2D eigenvalue weighted by Gasteiger charge is -2.29. The van der Waals surface area contributed by atoms with Gasteiger partial charge in [0, 0.05) is 18.7 Å². The lowest BCUT2D eigenvalue weighted by atomic mass is 9.99. The van der Waals surface area contributed by atoms with Crippen LogP contribution in [0.1, 0.15) is 31.7 Å². The number of amides is 3. The van der Waals surface area contributed by atoms with Gasteiger partial charge < -0.3 is 20.3 Å². The van der Waals surface area contributed by atoms with Crippen LogP contribution in [0.5, 0.6) is 5.75 Å². The second-order valence-electron chi connectivity index (χ2n) is 6.44. The Hall–Kier alpha value is -3.08. The lowest BCUT2D eigenvalue weighted by molar-refractivity contribution is -0.122. The number of rotatable bonds is 7. The van der Waals surface area contributed by atoms with Crippen molar-refractivity contribution in [1.29, 1.82) is 5.26 Å². The van der Waals surface area contributed by atoms with Crippen LogP contribution in [0.3, 0.4) is 0 Å². The SMILES string of the molecule is CCCC(NC(=O)N1CC=C(c2cc(OC)ccc2F)CC1)C(=O)NCC#N. The fourth-order valence-corrected chi connectivity index (χ4v) is 3.02. The highest BCUT2D eigenvalue weighted by molar-refractivity contribution is 5.87. The Balaban J connectivity index is 2.02. The van der Waals surface area contributed by atoms with Gasteiger partial charge in [0.2, 0.25) is 5.91 Å². The maximum Gasteiger partial charge on any atom is 0.318 e. The van der Waals surface area contributed by atoms with Crippen LogP contribution < -0.4 is 15.4 Å². The van der Waals surface area contributed by atoms with Crippen molar-refractivity contribution < 1.29 is 18.7 Å². The molecule has 28 heavy (non-hydrogen) atoms. The molecule has 150 valence electrons. The lowest BCUT2D eigenvalue weighted by Crippen LogP contribution is -2.52. The van der Waals surface area contributed by atoms with Crippen LogP contribution in [-0.4, -0.2) is 49.6 Å². The highest BCUT2D eigenvalue weighted by Crippen LogP contribution is 2.28. The van der Waals surface area contributed by atoms with Gasteiger partial charge in [0.05, 0.1) is 13.2 Å². The molecule has 1 aliphatic rings. The number of nitriles is 1. The van der Waals surface area contributed by atoms with Gasteiger partial charge in [-0.2, -0.15) is 5.26 Å². The number of methoxy groups -OCH3 is 1. The molecule has 1 aromatic carbocycles. The minimum absolute atomic E-state index is 0.100. The van der Waals surface area contributed by atoms with Crippen LogP contribution in [0.25, 0.3) is 5.57 Å². The number of hydrogen-bond acceptors (Lipinski definition) is 4. The van der Waals surface area contributed by atoms with Gasteiger partial charge in [0.15, 0.2) is 0 Å². The zero-order valence-corrected chi connectivity index (χ0v) is 16.1. The molecule has 1 unspecified atom stereocenters. The normalized spacial score (nSPS) is 14.5. The van der Waals surface area contributed by atoms with Crippen LogP contribution >= 0.6 is 0 Å². The van der Waals surface area contributed by atoms with E-state index in [1.165, 1.54) is 13.2 Å². The summed E-state index contributed by atoms with van der Waals surface area (Å²) in [5.74, 6) is -0.131. The summed E-state index contributed by atoms with van der Waals surface area (Å²) >= 11 is 0. The van der Waals surface area contributed by atoms with E-state index in [9.17, 15) is 14.0 Å². The van der Waals surface area contributed by atoms with Crippen LogP contribution in [0.4, 0.5) is 9.18 Å². The van der Waals surface area contributed by atoms with Crippen LogP contribution in [0.2, 0.25) is 0 Å². The highest BCUT2D eigenvalue weighted by Gasteiger charge is 2.24. The molecule has 0 saturated heterocycles. The Morgan fingerprint density at radius 3 is 2.82 bits per heavy atom. The fraction of sp³-hybridized carbons (Fsp3) is 0.450. The van der Waals surface area contributed by atoms with Gasteiger partial charge in [-0.25, -0.2) is 9.18 Å².